The third-order valence-corrected chi connectivity index (χ3v) is 4.08. The molecule has 5 heteroatoms. The van der Waals surface area contributed by atoms with E-state index in [4.69, 9.17) is 0 Å². The molecule has 0 aliphatic heterocycles. The molecule has 2 N–H and O–H groups in total. The van der Waals surface area contributed by atoms with Crippen LogP contribution in [0.3, 0.4) is 0 Å². The number of halogens is 1. The number of carbonyl (C=O) groups is 1. The summed E-state index contributed by atoms with van der Waals surface area (Å²) in [5, 5.41) is 5.99. The molecule has 1 heterocycles. The van der Waals surface area contributed by atoms with E-state index >= 15 is 0 Å². The van der Waals surface area contributed by atoms with Gasteiger partial charge in [-0.3, -0.25) is 4.79 Å². The fourth-order valence-electron chi connectivity index (χ4n) is 2.63. The Morgan fingerprint density at radius 3 is 2.54 bits per heavy atom. The number of anilines is 2. The van der Waals surface area contributed by atoms with E-state index in [2.05, 4.69) is 15.6 Å². The van der Waals surface area contributed by atoms with Gasteiger partial charge in [0.25, 0.3) is 5.91 Å². The normalized spacial score (nSPS) is 10.4. The SMILES string of the molecule is Cc1ccccc1C(=O)Nc1ccc(NCCc2ccccc2F)cn1. The van der Waals surface area contributed by atoms with Crippen LogP contribution >= 0.6 is 0 Å². The van der Waals surface area contributed by atoms with Gasteiger partial charge in [-0.25, -0.2) is 9.37 Å². The Labute approximate surface area is 152 Å². The van der Waals surface area contributed by atoms with Crippen molar-refractivity contribution in [1.82, 2.24) is 4.98 Å². The Bertz CT molecular complexity index is 894. The molecule has 0 spiro atoms. The van der Waals surface area contributed by atoms with Gasteiger partial charge in [0.05, 0.1) is 11.9 Å². The van der Waals surface area contributed by atoms with Gasteiger partial charge in [0.1, 0.15) is 11.6 Å². The summed E-state index contributed by atoms with van der Waals surface area (Å²) < 4.78 is 13.6. The molecule has 0 radical (unpaired) electrons. The van der Waals surface area contributed by atoms with E-state index in [1.807, 2.05) is 37.3 Å². The fourth-order valence-corrected chi connectivity index (χ4v) is 2.63. The number of pyridine rings is 1. The maximum Gasteiger partial charge on any atom is 0.257 e. The van der Waals surface area contributed by atoms with Crippen molar-refractivity contribution in [2.75, 3.05) is 17.2 Å². The molecule has 0 saturated carbocycles. The Morgan fingerprint density at radius 1 is 1.04 bits per heavy atom. The van der Waals surface area contributed by atoms with Gasteiger partial charge in [-0.15, -0.1) is 0 Å². The van der Waals surface area contributed by atoms with Gasteiger partial charge in [0, 0.05) is 12.1 Å². The summed E-state index contributed by atoms with van der Waals surface area (Å²) in [6, 6.07) is 17.7. The first-order chi connectivity index (χ1) is 12.6. The zero-order valence-electron chi connectivity index (χ0n) is 14.5. The molecule has 1 aromatic heterocycles. The van der Waals surface area contributed by atoms with E-state index in [0.717, 1.165) is 11.3 Å². The highest BCUT2D eigenvalue weighted by Gasteiger charge is 2.09. The quantitative estimate of drug-likeness (QED) is 0.692. The molecule has 0 fully saturated rings. The number of aryl methyl sites for hydroxylation is 1. The minimum atomic E-state index is -0.193. The summed E-state index contributed by atoms with van der Waals surface area (Å²) in [4.78, 5) is 16.5. The van der Waals surface area contributed by atoms with Crippen molar-refractivity contribution in [2.24, 2.45) is 0 Å². The molecular weight excluding hydrogens is 329 g/mol. The zero-order valence-corrected chi connectivity index (χ0v) is 14.5. The average Bonchev–Trinajstić information content (AvgIpc) is 2.65. The lowest BCUT2D eigenvalue weighted by atomic mass is 10.1. The number of benzene rings is 2. The molecule has 4 nitrogen and oxygen atoms in total. The van der Waals surface area contributed by atoms with Gasteiger partial charge >= 0.3 is 0 Å². The molecular formula is C21H20FN3O. The predicted molar refractivity (Wildman–Crippen MR) is 102 cm³/mol. The summed E-state index contributed by atoms with van der Waals surface area (Å²) in [5.41, 5.74) is 3.03. The number of rotatable bonds is 6. The molecule has 1 amide bonds. The summed E-state index contributed by atoms with van der Waals surface area (Å²) in [5.74, 6) is 0.107. The number of nitrogens with zero attached hydrogens (tertiary/aromatic N) is 1. The molecule has 0 bridgehead atoms. The summed E-state index contributed by atoms with van der Waals surface area (Å²) >= 11 is 0. The molecule has 0 aliphatic carbocycles. The van der Waals surface area contributed by atoms with Crippen molar-refractivity contribution in [2.45, 2.75) is 13.3 Å². The first-order valence-electron chi connectivity index (χ1n) is 8.44. The standard InChI is InChI=1S/C21H20FN3O/c1-15-6-2-4-8-18(15)21(26)25-20-11-10-17(14-24-20)23-13-12-16-7-3-5-9-19(16)22/h2-11,14,23H,12-13H2,1H3,(H,24,25,26). The highest BCUT2D eigenvalue weighted by molar-refractivity contribution is 6.04. The Morgan fingerprint density at radius 2 is 1.81 bits per heavy atom. The van der Waals surface area contributed by atoms with Crippen molar-refractivity contribution in [1.29, 1.82) is 0 Å². The number of nitrogens with one attached hydrogen (secondary N) is 2. The third kappa shape index (κ3) is 4.45. The molecule has 132 valence electrons. The highest BCUT2D eigenvalue weighted by Crippen LogP contribution is 2.14. The van der Waals surface area contributed by atoms with Crippen LogP contribution in [0.15, 0.2) is 66.9 Å². The highest BCUT2D eigenvalue weighted by atomic mass is 19.1. The van der Waals surface area contributed by atoms with Crippen LogP contribution < -0.4 is 10.6 Å². The monoisotopic (exact) mass is 349 g/mol. The van der Waals surface area contributed by atoms with Gasteiger partial charge < -0.3 is 10.6 Å². The number of hydrogen-bond acceptors (Lipinski definition) is 3. The fraction of sp³-hybridized carbons (Fsp3) is 0.143. The minimum Gasteiger partial charge on any atom is -0.383 e. The number of carbonyl (C=O) groups excluding carboxylic acids is 1. The lowest BCUT2D eigenvalue weighted by Crippen LogP contribution is -2.14. The van der Waals surface area contributed by atoms with Crippen LogP contribution in [0.5, 0.6) is 0 Å². The maximum atomic E-state index is 13.6. The second-order valence-electron chi connectivity index (χ2n) is 5.97. The van der Waals surface area contributed by atoms with Crippen LogP contribution in [0, 0.1) is 12.7 Å². The van der Waals surface area contributed by atoms with Gasteiger partial charge in [0.15, 0.2) is 0 Å². The first kappa shape index (κ1) is 17.6. The van der Waals surface area contributed by atoms with Gasteiger partial charge in [-0.05, 0) is 48.7 Å². The predicted octanol–water partition coefficient (Wildman–Crippen LogP) is 4.44. The lowest BCUT2D eigenvalue weighted by molar-refractivity contribution is 0.102. The maximum absolute atomic E-state index is 13.6. The second-order valence-corrected chi connectivity index (χ2v) is 5.97. The van der Waals surface area contributed by atoms with Crippen LogP contribution in [-0.4, -0.2) is 17.4 Å². The third-order valence-electron chi connectivity index (χ3n) is 4.08. The lowest BCUT2D eigenvalue weighted by Gasteiger charge is -2.09. The topological polar surface area (TPSA) is 54.0 Å². The van der Waals surface area contributed by atoms with E-state index in [1.54, 1.807) is 30.5 Å². The van der Waals surface area contributed by atoms with Gasteiger partial charge in [-0.2, -0.15) is 0 Å². The van der Waals surface area contributed by atoms with E-state index in [1.165, 1.54) is 6.07 Å². The summed E-state index contributed by atoms with van der Waals surface area (Å²) in [6.45, 7) is 2.49. The minimum absolute atomic E-state index is 0.184. The van der Waals surface area contributed by atoms with Gasteiger partial charge in [-0.1, -0.05) is 36.4 Å². The average molecular weight is 349 g/mol. The van der Waals surface area contributed by atoms with Crippen molar-refractivity contribution in [3.05, 3.63) is 89.4 Å². The number of amides is 1. The summed E-state index contributed by atoms with van der Waals surface area (Å²) in [6.07, 6.45) is 2.23. The van der Waals surface area contributed by atoms with Gasteiger partial charge in [0.2, 0.25) is 0 Å². The largest absolute Gasteiger partial charge is 0.383 e. The van der Waals surface area contributed by atoms with E-state index in [9.17, 15) is 9.18 Å². The number of aromatic nitrogens is 1. The number of hydrogen-bond donors (Lipinski definition) is 2. The van der Waals surface area contributed by atoms with Crippen LogP contribution in [0.25, 0.3) is 0 Å². The van der Waals surface area contributed by atoms with Crippen LogP contribution in [0.2, 0.25) is 0 Å². The molecule has 3 aromatic rings. The van der Waals surface area contributed by atoms with Crippen molar-refractivity contribution in [3.8, 4) is 0 Å². The smallest absolute Gasteiger partial charge is 0.257 e. The van der Waals surface area contributed by atoms with Crippen molar-refractivity contribution >= 4 is 17.4 Å². The Hall–Kier alpha value is -3.21. The van der Waals surface area contributed by atoms with Crippen LogP contribution in [-0.2, 0) is 6.42 Å². The molecule has 26 heavy (non-hydrogen) atoms. The molecule has 0 saturated heterocycles. The van der Waals surface area contributed by atoms with E-state index in [0.29, 0.717) is 29.9 Å². The Balaban J connectivity index is 1.54. The zero-order chi connectivity index (χ0) is 18.4. The molecule has 3 rings (SSSR count). The summed E-state index contributed by atoms with van der Waals surface area (Å²) in [7, 11) is 0. The van der Waals surface area contributed by atoms with Crippen LogP contribution in [0.4, 0.5) is 15.9 Å². The Kier molecular flexibility index (Phi) is 5.59. The van der Waals surface area contributed by atoms with E-state index in [-0.39, 0.29) is 11.7 Å². The molecule has 2 aromatic carbocycles. The molecule has 0 unspecified atom stereocenters. The molecule has 0 atom stereocenters. The van der Waals surface area contributed by atoms with E-state index < -0.39 is 0 Å². The van der Waals surface area contributed by atoms with Crippen molar-refractivity contribution < 1.29 is 9.18 Å². The second kappa shape index (κ2) is 8.25. The first-order valence-corrected chi connectivity index (χ1v) is 8.44. The van der Waals surface area contributed by atoms with Crippen LogP contribution in [0.1, 0.15) is 21.5 Å². The molecule has 0 aliphatic rings. The van der Waals surface area contributed by atoms with Crippen molar-refractivity contribution in [3.63, 3.8) is 0 Å².